The number of para-hydroxylation sites is 4. The molecule has 0 saturated carbocycles. The van der Waals surface area contributed by atoms with E-state index < -0.39 is 10.8 Å². The van der Waals surface area contributed by atoms with Gasteiger partial charge in [-0.15, -0.1) is 0 Å². The van der Waals surface area contributed by atoms with Crippen molar-refractivity contribution in [2.24, 2.45) is 0 Å². The van der Waals surface area contributed by atoms with E-state index in [0.717, 1.165) is 67.9 Å². The molecular weight excluding hydrogens is 1190 g/mol. The SMILES string of the molecule is CC1(C)c2cc(C(CCc3ccc4c(c3)C(c3ccccc3)(c3ccccc3)c3cc5c(cc3-4)C(c3ccccc3)(c3ccccc3)c3ccc4oc6ccccc6c4c3-5)c3cccc4c3oc3ccccc34)ccc2-c2c1c1c(c3c2oc2ccccc23)-c2ccccc2C1(C)C. The Morgan fingerprint density at radius 3 is 1.48 bits per heavy atom. The van der Waals surface area contributed by atoms with Gasteiger partial charge < -0.3 is 13.3 Å². The molecule has 3 heteroatoms. The molecule has 0 fully saturated rings. The van der Waals surface area contributed by atoms with Crippen LogP contribution < -0.4 is 0 Å². The first-order chi connectivity index (χ1) is 48.1. The van der Waals surface area contributed by atoms with Gasteiger partial charge in [-0.1, -0.05) is 289 Å². The Hall–Kier alpha value is -11.5. The van der Waals surface area contributed by atoms with Gasteiger partial charge in [-0.05, 0) is 166 Å². The van der Waals surface area contributed by atoms with Gasteiger partial charge in [0.1, 0.15) is 33.5 Å². The van der Waals surface area contributed by atoms with E-state index >= 15 is 0 Å². The van der Waals surface area contributed by atoms with Gasteiger partial charge in [0.05, 0.1) is 10.8 Å². The van der Waals surface area contributed by atoms with Gasteiger partial charge in [-0.25, -0.2) is 0 Å². The Morgan fingerprint density at radius 2 is 0.796 bits per heavy atom. The second-order valence-electron chi connectivity index (χ2n) is 29.1. The molecule has 0 saturated heterocycles. The highest BCUT2D eigenvalue weighted by Crippen LogP contribution is 2.66. The number of hydrogen-bond acceptors (Lipinski definition) is 3. The van der Waals surface area contributed by atoms with Gasteiger partial charge in [-0.3, -0.25) is 0 Å². The Morgan fingerprint density at radius 1 is 0.296 bits per heavy atom. The summed E-state index contributed by atoms with van der Waals surface area (Å²) in [5.41, 5.74) is 33.0. The molecule has 1 unspecified atom stereocenters. The zero-order valence-corrected chi connectivity index (χ0v) is 55.0. The van der Waals surface area contributed by atoms with Gasteiger partial charge >= 0.3 is 0 Å². The first kappa shape index (κ1) is 55.7. The molecule has 464 valence electrons. The molecule has 21 rings (SSSR count). The third kappa shape index (κ3) is 7.17. The van der Waals surface area contributed by atoms with Gasteiger partial charge in [-0.2, -0.15) is 0 Å². The van der Waals surface area contributed by atoms with Crippen LogP contribution in [0.15, 0.2) is 311 Å². The molecule has 3 nitrogen and oxygen atoms in total. The van der Waals surface area contributed by atoms with Crippen LogP contribution in [0, 0.1) is 0 Å². The van der Waals surface area contributed by atoms with Crippen molar-refractivity contribution in [2.75, 3.05) is 0 Å². The summed E-state index contributed by atoms with van der Waals surface area (Å²) in [5.74, 6) is -0.0388. The average Bonchev–Trinajstić information content (AvgIpc) is 1.51. The lowest BCUT2D eigenvalue weighted by Gasteiger charge is -2.35. The van der Waals surface area contributed by atoms with Crippen molar-refractivity contribution in [3.63, 3.8) is 0 Å². The van der Waals surface area contributed by atoms with Crippen LogP contribution in [-0.2, 0) is 28.1 Å². The quantitative estimate of drug-likeness (QED) is 0.145. The second kappa shape index (κ2) is 20.0. The highest BCUT2D eigenvalue weighted by molar-refractivity contribution is 6.21. The molecule has 0 bridgehead atoms. The zero-order chi connectivity index (χ0) is 65.0. The number of fused-ring (bicyclic) bond motifs is 25. The van der Waals surface area contributed by atoms with Crippen molar-refractivity contribution in [3.05, 3.63) is 381 Å². The fourth-order valence-corrected chi connectivity index (χ4v) is 19.6. The minimum Gasteiger partial charge on any atom is -0.456 e. The Bertz CT molecular complexity index is 6150. The van der Waals surface area contributed by atoms with E-state index in [2.05, 4.69) is 325 Å². The van der Waals surface area contributed by atoms with Crippen LogP contribution in [0.4, 0.5) is 0 Å². The lowest BCUT2D eigenvalue weighted by atomic mass is 9.66. The summed E-state index contributed by atoms with van der Waals surface area (Å²) in [6.07, 6.45) is 1.64. The van der Waals surface area contributed by atoms with Crippen LogP contribution in [0.3, 0.4) is 0 Å². The maximum absolute atomic E-state index is 7.18. The van der Waals surface area contributed by atoms with Gasteiger partial charge in [0.2, 0.25) is 0 Å². The molecule has 17 aromatic rings. The van der Waals surface area contributed by atoms with Crippen molar-refractivity contribution >= 4 is 65.8 Å². The zero-order valence-electron chi connectivity index (χ0n) is 55.0. The van der Waals surface area contributed by atoms with Crippen LogP contribution >= 0.6 is 0 Å². The van der Waals surface area contributed by atoms with Crippen LogP contribution in [0.1, 0.15) is 123 Å². The predicted molar refractivity (Wildman–Crippen MR) is 401 cm³/mol. The van der Waals surface area contributed by atoms with Crippen molar-refractivity contribution in [1.82, 2.24) is 0 Å². The van der Waals surface area contributed by atoms with Crippen LogP contribution in [-0.4, -0.2) is 0 Å². The summed E-state index contributed by atoms with van der Waals surface area (Å²) in [5, 5.41) is 6.96. The largest absolute Gasteiger partial charge is 0.456 e. The minimum absolute atomic E-state index is 0.0388. The van der Waals surface area contributed by atoms with Gasteiger partial charge in [0, 0.05) is 60.2 Å². The van der Waals surface area contributed by atoms with Gasteiger partial charge in [0.25, 0.3) is 0 Å². The van der Waals surface area contributed by atoms with E-state index in [1.54, 1.807) is 0 Å². The fraction of sp³-hybridized carbons (Fsp3) is 0.116. The molecule has 4 aliphatic rings. The van der Waals surface area contributed by atoms with Crippen LogP contribution in [0.2, 0.25) is 0 Å². The average molecular weight is 1260 g/mol. The van der Waals surface area contributed by atoms with Crippen molar-refractivity contribution < 1.29 is 13.3 Å². The van der Waals surface area contributed by atoms with Crippen molar-refractivity contribution in [2.45, 2.75) is 68.1 Å². The maximum atomic E-state index is 7.18. The summed E-state index contributed by atoms with van der Waals surface area (Å²) >= 11 is 0. The first-order valence-corrected chi connectivity index (χ1v) is 34.8. The lowest BCUT2D eigenvalue weighted by molar-refractivity contribution is 0.598. The second-order valence-corrected chi connectivity index (χ2v) is 29.1. The molecule has 0 amide bonds. The Labute approximate surface area is 568 Å². The molecule has 14 aromatic carbocycles. The monoisotopic (exact) mass is 1250 g/mol. The molecule has 0 N–H and O–H groups in total. The number of furan rings is 3. The summed E-state index contributed by atoms with van der Waals surface area (Å²) in [6, 6.07) is 112. The van der Waals surface area contributed by atoms with E-state index in [9.17, 15) is 0 Å². The maximum Gasteiger partial charge on any atom is 0.144 e. The van der Waals surface area contributed by atoms with Crippen molar-refractivity contribution in [3.8, 4) is 44.5 Å². The summed E-state index contributed by atoms with van der Waals surface area (Å²) in [7, 11) is 0. The highest BCUT2D eigenvalue weighted by atomic mass is 16.3. The number of hydrogen-bond donors (Lipinski definition) is 0. The van der Waals surface area contributed by atoms with Gasteiger partial charge in [0.15, 0.2) is 0 Å². The minimum atomic E-state index is -0.698. The highest BCUT2D eigenvalue weighted by Gasteiger charge is 2.53. The van der Waals surface area contributed by atoms with Crippen molar-refractivity contribution in [1.29, 1.82) is 0 Å². The first-order valence-electron chi connectivity index (χ1n) is 34.8. The molecule has 1 atom stereocenters. The lowest BCUT2D eigenvalue weighted by Crippen LogP contribution is -2.30. The van der Waals surface area contributed by atoms with E-state index in [4.69, 9.17) is 13.3 Å². The summed E-state index contributed by atoms with van der Waals surface area (Å²) in [4.78, 5) is 0. The third-order valence-electron chi connectivity index (χ3n) is 23.7. The molecule has 4 aliphatic carbocycles. The standard InChI is InChI=1S/C95H66O3/c1-92(2)73-40-21-17-35-67(73)85-86-70-37-20-24-43-81(70)98-91(86)87-68-49-46-57(53-75(68)93(3,4)89(87)88(85)92)62(65-38-25-39-66-64-34-18-22-41-79(64)97-90(65)66)47-44-56-45-48-63-71-54-78-72(55-77(71)95(76(63)52-56,60-30-13-7-14-31-60)61-32-15-8-16-33-61)83-74(50-51-82-84(83)69-36-19-23-42-80(69)96-82)94(78,58-26-9-5-10-27-58)59-28-11-6-12-29-59/h5-43,45-46,48-55,62H,44,47H2,1-4H3. The van der Waals surface area contributed by atoms with E-state index in [-0.39, 0.29) is 16.7 Å². The molecule has 0 spiro atoms. The summed E-state index contributed by atoms with van der Waals surface area (Å²) < 4.78 is 21.1. The Balaban J connectivity index is 0.772. The normalized spacial score (nSPS) is 15.5. The molecule has 3 heterocycles. The molecule has 0 aliphatic heterocycles. The predicted octanol–water partition coefficient (Wildman–Crippen LogP) is 24.5. The fourth-order valence-electron chi connectivity index (χ4n) is 19.6. The molecule has 98 heavy (non-hydrogen) atoms. The topological polar surface area (TPSA) is 39.4 Å². The van der Waals surface area contributed by atoms with E-state index in [0.29, 0.717) is 0 Å². The number of benzene rings is 14. The van der Waals surface area contributed by atoms with Crippen LogP contribution in [0.5, 0.6) is 0 Å². The number of aryl methyl sites for hydroxylation is 1. The molecule has 0 radical (unpaired) electrons. The smallest absolute Gasteiger partial charge is 0.144 e. The van der Waals surface area contributed by atoms with Crippen LogP contribution in [0.25, 0.3) is 110 Å². The van der Waals surface area contributed by atoms with E-state index in [1.165, 1.54) is 139 Å². The molecular formula is C95H66O3. The Kier molecular flexibility index (Phi) is 11.4. The summed E-state index contributed by atoms with van der Waals surface area (Å²) in [6.45, 7) is 9.82. The third-order valence-corrected chi connectivity index (χ3v) is 23.7. The van der Waals surface area contributed by atoms with E-state index in [1.807, 2.05) is 0 Å². The number of rotatable bonds is 9. The molecule has 3 aromatic heterocycles.